The summed E-state index contributed by atoms with van der Waals surface area (Å²) in [4.78, 5) is 10.2. The van der Waals surface area contributed by atoms with Gasteiger partial charge in [-0.1, -0.05) is 26.2 Å². The molecule has 1 N–H and O–H groups in total. The molecule has 1 unspecified atom stereocenters. The molecule has 0 aromatic heterocycles. The Labute approximate surface area is 69.4 Å². The van der Waals surface area contributed by atoms with Gasteiger partial charge in [0.1, 0.15) is 6.29 Å². The summed E-state index contributed by atoms with van der Waals surface area (Å²) >= 11 is 0. The molecule has 0 aromatic carbocycles. The highest BCUT2D eigenvalue weighted by atomic mass is 16.1. The lowest BCUT2D eigenvalue weighted by Gasteiger charge is -2.05. The second-order valence-corrected chi connectivity index (χ2v) is 2.94. The molecule has 0 saturated heterocycles. The Morgan fingerprint density at radius 2 is 2.09 bits per heavy atom. The molecule has 0 fully saturated rings. The van der Waals surface area contributed by atoms with E-state index in [9.17, 15) is 4.79 Å². The van der Waals surface area contributed by atoms with Gasteiger partial charge in [0.05, 0.1) is 6.04 Å². The zero-order valence-corrected chi connectivity index (χ0v) is 7.60. The van der Waals surface area contributed by atoms with Crippen molar-refractivity contribution in [3.63, 3.8) is 0 Å². The fraction of sp³-hybridized carbons (Fsp3) is 0.889. The summed E-state index contributed by atoms with van der Waals surface area (Å²) in [5.41, 5.74) is 0. The Bertz CT molecular complexity index is 93.6. The molecular formula is C9H19NO. The van der Waals surface area contributed by atoms with Gasteiger partial charge in [0.25, 0.3) is 0 Å². The van der Waals surface area contributed by atoms with E-state index >= 15 is 0 Å². The normalized spacial score (nSPS) is 12.9. The van der Waals surface area contributed by atoms with E-state index in [0.717, 1.165) is 12.8 Å². The molecular weight excluding hydrogens is 138 g/mol. The molecule has 0 radical (unpaired) electrons. The summed E-state index contributed by atoms with van der Waals surface area (Å²) in [5.74, 6) is 0. The third-order valence-electron chi connectivity index (χ3n) is 1.70. The number of hydrogen-bond donors (Lipinski definition) is 1. The molecule has 0 aliphatic rings. The summed E-state index contributed by atoms with van der Waals surface area (Å²) in [6.07, 6.45) is 5.97. The standard InChI is InChI=1S/C9H19NO/c1-3-4-5-6-7-10-9(2)8-11/h8-10H,3-7H2,1-2H3. The van der Waals surface area contributed by atoms with Gasteiger partial charge < -0.3 is 10.1 Å². The molecule has 0 rings (SSSR count). The molecule has 0 amide bonds. The molecule has 0 spiro atoms. The summed E-state index contributed by atoms with van der Waals surface area (Å²) in [5, 5.41) is 3.12. The van der Waals surface area contributed by atoms with Gasteiger partial charge in [-0.2, -0.15) is 0 Å². The van der Waals surface area contributed by atoms with E-state index in [2.05, 4.69) is 12.2 Å². The van der Waals surface area contributed by atoms with Crippen LogP contribution in [0.1, 0.15) is 39.5 Å². The van der Waals surface area contributed by atoms with Crippen molar-refractivity contribution in [2.24, 2.45) is 0 Å². The lowest BCUT2D eigenvalue weighted by Crippen LogP contribution is -2.27. The van der Waals surface area contributed by atoms with Crippen molar-refractivity contribution >= 4 is 6.29 Å². The van der Waals surface area contributed by atoms with Gasteiger partial charge in [-0.05, 0) is 19.9 Å². The van der Waals surface area contributed by atoms with Crippen LogP contribution in [-0.4, -0.2) is 18.9 Å². The minimum atomic E-state index is 0.0247. The van der Waals surface area contributed by atoms with Gasteiger partial charge in [-0.15, -0.1) is 0 Å². The summed E-state index contributed by atoms with van der Waals surface area (Å²) in [7, 11) is 0. The Balaban J connectivity index is 2.95. The van der Waals surface area contributed by atoms with Crippen molar-refractivity contribution < 1.29 is 4.79 Å². The largest absolute Gasteiger partial charge is 0.308 e. The second-order valence-electron chi connectivity index (χ2n) is 2.94. The van der Waals surface area contributed by atoms with Crippen molar-refractivity contribution in [1.82, 2.24) is 5.32 Å². The molecule has 0 aliphatic heterocycles. The number of carbonyl (C=O) groups excluding carboxylic acids is 1. The first kappa shape index (κ1) is 10.6. The number of rotatable bonds is 7. The highest BCUT2D eigenvalue weighted by molar-refractivity contribution is 5.56. The predicted molar refractivity (Wildman–Crippen MR) is 47.7 cm³/mol. The minimum absolute atomic E-state index is 0.0247. The Morgan fingerprint density at radius 3 is 2.64 bits per heavy atom. The van der Waals surface area contributed by atoms with E-state index < -0.39 is 0 Å². The number of aldehydes is 1. The van der Waals surface area contributed by atoms with E-state index in [0.29, 0.717) is 0 Å². The fourth-order valence-electron chi connectivity index (χ4n) is 0.930. The monoisotopic (exact) mass is 157 g/mol. The Hall–Kier alpha value is -0.370. The molecule has 0 heterocycles. The van der Waals surface area contributed by atoms with Crippen molar-refractivity contribution in [3.8, 4) is 0 Å². The van der Waals surface area contributed by atoms with Crippen molar-refractivity contribution in [3.05, 3.63) is 0 Å². The van der Waals surface area contributed by atoms with Crippen LogP contribution in [0, 0.1) is 0 Å². The van der Waals surface area contributed by atoms with Crippen molar-refractivity contribution in [2.75, 3.05) is 6.54 Å². The maximum Gasteiger partial charge on any atom is 0.136 e. The average Bonchev–Trinajstić information content (AvgIpc) is 2.04. The third kappa shape index (κ3) is 7.53. The second kappa shape index (κ2) is 7.73. The van der Waals surface area contributed by atoms with Crippen LogP contribution >= 0.6 is 0 Å². The molecule has 0 aromatic rings. The third-order valence-corrected chi connectivity index (χ3v) is 1.70. The predicted octanol–water partition coefficient (Wildman–Crippen LogP) is 1.74. The van der Waals surface area contributed by atoms with Crippen LogP contribution in [0.25, 0.3) is 0 Å². The molecule has 0 aliphatic carbocycles. The van der Waals surface area contributed by atoms with Gasteiger partial charge in [0.15, 0.2) is 0 Å². The van der Waals surface area contributed by atoms with Gasteiger partial charge >= 0.3 is 0 Å². The van der Waals surface area contributed by atoms with Crippen LogP contribution in [0.3, 0.4) is 0 Å². The van der Waals surface area contributed by atoms with E-state index in [1.54, 1.807) is 0 Å². The van der Waals surface area contributed by atoms with Crippen molar-refractivity contribution in [1.29, 1.82) is 0 Å². The van der Waals surface area contributed by atoms with Gasteiger partial charge in [-0.25, -0.2) is 0 Å². The van der Waals surface area contributed by atoms with E-state index in [-0.39, 0.29) is 6.04 Å². The van der Waals surface area contributed by atoms with Crippen LogP contribution in [0.5, 0.6) is 0 Å². The molecule has 66 valence electrons. The van der Waals surface area contributed by atoms with Crippen molar-refractivity contribution in [2.45, 2.75) is 45.6 Å². The van der Waals surface area contributed by atoms with Crippen LogP contribution in [0.4, 0.5) is 0 Å². The number of unbranched alkanes of at least 4 members (excludes halogenated alkanes) is 3. The minimum Gasteiger partial charge on any atom is -0.308 e. The maximum atomic E-state index is 10.2. The first-order chi connectivity index (χ1) is 5.31. The summed E-state index contributed by atoms with van der Waals surface area (Å²) in [6, 6.07) is 0.0247. The highest BCUT2D eigenvalue weighted by Crippen LogP contribution is 1.96. The molecule has 11 heavy (non-hydrogen) atoms. The highest BCUT2D eigenvalue weighted by Gasteiger charge is 1.95. The Morgan fingerprint density at radius 1 is 1.36 bits per heavy atom. The smallest absolute Gasteiger partial charge is 0.136 e. The summed E-state index contributed by atoms with van der Waals surface area (Å²) in [6.45, 7) is 5.05. The molecule has 0 saturated carbocycles. The maximum absolute atomic E-state index is 10.2. The van der Waals surface area contributed by atoms with E-state index in [1.165, 1.54) is 25.7 Å². The van der Waals surface area contributed by atoms with Gasteiger partial charge in [0.2, 0.25) is 0 Å². The zero-order chi connectivity index (χ0) is 8.53. The first-order valence-corrected chi connectivity index (χ1v) is 4.50. The lowest BCUT2D eigenvalue weighted by molar-refractivity contribution is -0.109. The zero-order valence-electron chi connectivity index (χ0n) is 7.60. The van der Waals surface area contributed by atoms with E-state index in [1.807, 2.05) is 6.92 Å². The number of nitrogens with one attached hydrogen (secondary N) is 1. The summed E-state index contributed by atoms with van der Waals surface area (Å²) < 4.78 is 0. The average molecular weight is 157 g/mol. The van der Waals surface area contributed by atoms with Crippen LogP contribution in [-0.2, 0) is 4.79 Å². The van der Waals surface area contributed by atoms with Crippen LogP contribution in [0.2, 0.25) is 0 Å². The number of hydrogen-bond acceptors (Lipinski definition) is 2. The molecule has 2 heteroatoms. The quantitative estimate of drug-likeness (QED) is 0.450. The number of carbonyl (C=O) groups is 1. The van der Waals surface area contributed by atoms with Gasteiger partial charge in [-0.3, -0.25) is 0 Å². The van der Waals surface area contributed by atoms with Crippen LogP contribution < -0.4 is 5.32 Å². The first-order valence-electron chi connectivity index (χ1n) is 4.50. The van der Waals surface area contributed by atoms with Crippen LogP contribution in [0.15, 0.2) is 0 Å². The van der Waals surface area contributed by atoms with E-state index in [4.69, 9.17) is 0 Å². The molecule has 2 nitrogen and oxygen atoms in total. The fourth-order valence-corrected chi connectivity index (χ4v) is 0.930. The topological polar surface area (TPSA) is 29.1 Å². The Kier molecular flexibility index (Phi) is 7.47. The lowest BCUT2D eigenvalue weighted by atomic mass is 10.2. The van der Waals surface area contributed by atoms with Gasteiger partial charge in [0, 0.05) is 0 Å². The SMILES string of the molecule is CCCCCCNC(C)C=O. The molecule has 0 bridgehead atoms. The molecule has 1 atom stereocenters.